The van der Waals surface area contributed by atoms with Crippen LogP contribution in [0.1, 0.15) is 18.4 Å². The van der Waals surface area contributed by atoms with Crippen LogP contribution in [0.2, 0.25) is 0 Å². The van der Waals surface area contributed by atoms with Gasteiger partial charge in [-0.25, -0.2) is 0 Å². The highest BCUT2D eigenvalue weighted by atomic mass is 127. The van der Waals surface area contributed by atoms with E-state index in [2.05, 4.69) is 31.9 Å². The van der Waals surface area contributed by atoms with E-state index < -0.39 is 0 Å². The van der Waals surface area contributed by atoms with Crippen molar-refractivity contribution in [3.63, 3.8) is 0 Å². The van der Waals surface area contributed by atoms with E-state index in [0.29, 0.717) is 6.79 Å². The molecule has 2 aromatic rings. The zero-order valence-corrected chi connectivity index (χ0v) is 17.2. The van der Waals surface area contributed by atoms with Gasteiger partial charge in [-0.2, -0.15) is 0 Å². The van der Waals surface area contributed by atoms with E-state index in [1.54, 1.807) is 19.7 Å². The smallest absolute Gasteiger partial charge is 0.231 e. The Morgan fingerprint density at radius 1 is 1.12 bits per heavy atom. The monoisotopic (exact) mass is 472 g/mol. The van der Waals surface area contributed by atoms with Crippen molar-refractivity contribution in [3.8, 4) is 11.5 Å². The maximum atomic E-state index is 5.40. The molecule has 0 amide bonds. The van der Waals surface area contributed by atoms with Gasteiger partial charge in [0.15, 0.2) is 17.5 Å². The Balaban J connectivity index is 0.00000243. The summed E-state index contributed by atoms with van der Waals surface area (Å²) in [5.74, 6) is 2.47. The van der Waals surface area contributed by atoms with Crippen LogP contribution in [-0.2, 0) is 13.0 Å². The number of aliphatic imine (C=N–C) groups is 1. The first kappa shape index (κ1) is 20.3. The first-order chi connectivity index (χ1) is 12.3. The van der Waals surface area contributed by atoms with Gasteiger partial charge in [0.25, 0.3) is 0 Å². The summed E-state index contributed by atoms with van der Waals surface area (Å²) in [4.78, 5) is 4.25. The molecule has 1 aliphatic rings. The van der Waals surface area contributed by atoms with Crippen molar-refractivity contribution in [1.29, 1.82) is 0 Å². The van der Waals surface area contributed by atoms with Gasteiger partial charge < -0.3 is 24.7 Å². The summed E-state index contributed by atoms with van der Waals surface area (Å²) in [6.45, 7) is 2.93. The molecule has 9 heteroatoms. The van der Waals surface area contributed by atoms with Gasteiger partial charge in [0.1, 0.15) is 12.7 Å². The Morgan fingerprint density at radius 3 is 2.69 bits per heavy atom. The maximum Gasteiger partial charge on any atom is 0.231 e. The van der Waals surface area contributed by atoms with Crippen LogP contribution < -0.4 is 20.1 Å². The van der Waals surface area contributed by atoms with Crippen LogP contribution in [-0.4, -0.2) is 47.7 Å². The van der Waals surface area contributed by atoms with Crippen molar-refractivity contribution in [3.05, 3.63) is 36.4 Å². The lowest BCUT2D eigenvalue weighted by Gasteiger charge is -2.12. The van der Waals surface area contributed by atoms with E-state index in [4.69, 9.17) is 9.47 Å². The fourth-order valence-corrected chi connectivity index (χ4v) is 2.61. The highest BCUT2D eigenvalue weighted by Gasteiger charge is 2.12. The van der Waals surface area contributed by atoms with E-state index in [0.717, 1.165) is 56.4 Å². The number of benzene rings is 1. The molecule has 1 aromatic carbocycles. The van der Waals surface area contributed by atoms with E-state index in [1.165, 1.54) is 5.56 Å². The second-order valence-corrected chi connectivity index (χ2v) is 5.77. The van der Waals surface area contributed by atoms with Gasteiger partial charge in [-0.1, -0.05) is 6.07 Å². The maximum absolute atomic E-state index is 5.40. The molecule has 3 rings (SSSR count). The minimum absolute atomic E-state index is 0. The number of aromatic nitrogens is 3. The SMILES string of the molecule is CN=C(NCCCCn1cnnc1)NCCc1ccc2c(c1)OCO2.I. The molecular weight excluding hydrogens is 447 g/mol. The van der Waals surface area contributed by atoms with E-state index in [9.17, 15) is 0 Å². The van der Waals surface area contributed by atoms with Crippen molar-refractivity contribution in [2.24, 2.45) is 4.99 Å². The van der Waals surface area contributed by atoms with E-state index in [1.807, 2.05) is 16.7 Å². The van der Waals surface area contributed by atoms with Crippen LogP contribution in [0.15, 0.2) is 35.8 Å². The summed E-state index contributed by atoms with van der Waals surface area (Å²) in [5.41, 5.74) is 1.21. The number of rotatable bonds is 8. The number of hydrogen-bond acceptors (Lipinski definition) is 5. The molecular formula is C17H25IN6O2. The molecule has 1 aromatic heterocycles. The first-order valence-electron chi connectivity index (χ1n) is 8.50. The molecule has 2 heterocycles. The third-order valence-corrected chi connectivity index (χ3v) is 3.97. The Morgan fingerprint density at radius 2 is 1.88 bits per heavy atom. The summed E-state index contributed by atoms with van der Waals surface area (Å²) >= 11 is 0. The first-order valence-corrected chi connectivity index (χ1v) is 8.50. The molecule has 8 nitrogen and oxygen atoms in total. The number of fused-ring (bicyclic) bond motifs is 1. The lowest BCUT2D eigenvalue weighted by Crippen LogP contribution is -2.38. The molecule has 0 atom stereocenters. The third-order valence-electron chi connectivity index (χ3n) is 3.97. The van der Waals surface area contributed by atoms with Crippen LogP contribution in [0.25, 0.3) is 0 Å². The van der Waals surface area contributed by atoms with Crippen LogP contribution in [0, 0.1) is 0 Å². The van der Waals surface area contributed by atoms with Crippen LogP contribution in [0.4, 0.5) is 0 Å². The van der Waals surface area contributed by atoms with Crippen LogP contribution in [0.3, 0.4) is 0 Å². The third kappa shape index (κ3) is 6.04. The second kappa shape index (κ2) is 10.8. The molecule has 0 bridgehead atoms. The second-order valence-electron chi connectivity index (χ2n) is 5.77. The Labute approximate surface area is 170 Å². The molecule has 2 N–H and O–H groups in total. The molecule has 0 unspecified atom stereocenters. The number of nitrogens with zero attached hydrogens (tertiary/aromatic N) is 4. The topological polar surface area (TPSA) is 85.6 Å². The summed E-state index contributed by atoms with van der Waals surface area (Å²) in [7, 11) is 1.78. The number of halogens is 1. The Kier molecular flexibility index (Phi) is 8.45. The molecule has 0 spiro atoms. The van der Waals surface area contributed by atoms with Gasteiger partial charge in [0.2, 0.25) is 6.79 Å². The van der Waals surface area contributed by atoms with Crippen LogP contribution >= 0.6 is 24.0 Å². The Hall–Kier alpha value is -2.04. The number of unbranched alkanes of at least 4 members (excludes halogenated alkanes) is 1. The molecule has 0 aliphatic carbocycles. The van der Waals surface area contributed by atoms with Crippen LogP contribution in [0.5, 0.6) is 11.5 Å². The number of hydrogen-bond donors (Lipinski definition) is 2. The molecule has 142 valence electrons. The lowest BCUT2D eigenvalue weighted by atomic mass is 10.1. The average Bonchev–Trinajstić information content (AvgIpc) is 3.31. The largest absolute Gasteiger partial charge is 0.454 e. The summed E-state index contributed by atoms with van der Waals surface area (Å²) in [6, 6.07) is 6.06. The van der Waals surface area contributed by atoms with Gasteiger partial charge >= 0.3 is 0 Å². The van der Waals surface area contributed by atoms with Gasteiger partial charge in [-0.05, 0) is 37.0 Å². The van der Waals surface area contributed by atoms with Gasteiger partial charge in [-0.3, -0.25) is 4.99 Å². The minimum atomic E-state index is 0. The van der Waals surface area contributed by atoms with Crippen molar-refractivity contribution in [1.82, 2.24) is 25.4 Å². The Bertz CT molecular complexity index is 693. The molecule has 1 aliphatic heterocycles. The summed E-state index contributed by atoms with van der Waals surface area (Å²) in [5, 5.41) is 14.3. The van der Waals surface area contributed by atoms with Gasteiger partial charge in [0.05, 0.1) is 0 Å². The van der Waals surface area contributed by atoms with Gasteiger partial charge in [0, 0.05) is 26.7 Å². The number of ether oxygens (including phenoxy) is 2. The molecule has 26 heavy (non-hydrogen) atoms. The summed E-state index contributed by atoms with van der Waals surface area (Å²) < 4.78 is 12.7. The van der Waals surface area contributed by atoms with Gasteiger partial charge in [-0.15, -0.1) is 34.2 Å². The zero-order chi connectivity index (χ0) is 17.3. The lowest BCUT2D eigenvalue weighted by molar-refractivity contribution is 0.174. The number of nitrogens with one attached hydrogen (secondary N) is 2. The molecule has 0 radical (unpaired) electrons. The zero-order valence-electron chi connectivity index (χ0n) is 14.9. The fraction of sp³-hybridized carbons (Fsp3) is 0.471. The fourth-order valence-electron chi connectivity index (χ4n) is 2.61. The van der Waals surface area contributed by atoms with Crippen molar-refractivity contribution < 1.29 is 9.47 Å². The molecule has 0 fully saturated rings. The van der Waals surface area contributed by atoms with E-state index >= 15 is 0 Å². The highest BCUT2D eigenvalue weighted by molar-refractivity contribution is 14.0. The minimum Gasteiger partial charge on any atom is -0.454 e. The molecule has 0 saturated heterocycles. The highest BCUT2D eigenvalue weighted by Crippen LogP contribution is 2.32. The molecule has 0 saturated carbocycles. The predicted molar refractivity (Wildman–Crippen MR) is 110 cm³/mol. The van der Waals surface area contributed by atoms with Crippen molar-refractivity contribution in [2.45, 2.75) is 25.8 Å². The quantitative estimate of drug-likeness (QED) is 0.264. The van der Waals surface area contributed by atoms with E-state index in [-0.39, 0.29) is 24.0 Å². The average molecular weight is 472 g/mol. The normalized spacial score (nSPS) is 12.6. The van der Waals surface area contributed by atoms with Crippen molar-refractivity contribution in [2.75, 3.05) is 26.9 Å². The number of aryl methyl sites for hydroxylation is 1. The number of guanidine groups is 1. The standard InChI is InChI=1S/C17H24N6O2.HI/c1-18-17(19-7-2-3-9-23-11-21-22-12-23)20-8-6-14-4-5-15-16(10-14)25-13-24-15;/h4-5,10-12H,2-3,6-9,13H2,1H3,(H2,18,19,20);1H. The predicted octanol–water partition coefficient (Wildman–Crippen LogP) is 1.81. The summed E-state index contributed by atoms with van der Waals surface area (Å²) in [6.07, 6.45) is 6.50. The van der Waals surface area contributed by atoms with Crippen molar-refractivity contribution >= 4 is 29.9 Å².